The molecule has 0 fully saturated rings. The van der Waals surface area contributed by atoms with Gasteiger partial charge >= 0.3 is 0 Å². The molecule has 4 aromatic rings. The Morgan fingerprint density at radius 1 is 1.05 bits per heavy atom. The molecule has 0 N–H and O–H groups in total. The zero-order valence-electron chi connectivity index (χ0n) is 21.1. The third kappa shape index (κ3) is 4.62. The van der Waals surface area contributed by atoms with Gasteiger partial charge in [-0.3, -0.25) is 14.2 Å². The van der Waals surface area contributed by atoms with Gasteiger partial charge in [-0.15, -0.1) is 0 Å². The van der Waals surface area contributed by atoms with Gasteiger partial charge < -0.3 is 19.1 Å². The van der Waals surface area contributed by atoms with Gasteiger partial charge in [0.15, 0.2) is 11.5 Å². The number of ether oxygens (including phenoxy) is 3. The number of carbonyl (C=O) groups is 1. The number of rotatable bonds is 8. The molecule has 8 heteroatoms. The molecule has 0 saturated carbocycles. The molecule has 0 aliphatic carbocycles. The first-order valence-electron chi connectivity index (χ1n) is 12.5. The average molecular weight is 500 g/mol. The zero-order valence-corrected chi connectivity index (χ0v) is 21.1. The summed E-state index contributed by atoms with van der Waals surface area (Å²) in [5.41, 5.74) is 1.54. The first-order chi connectivity index (χ1) is 18.0. The topological polar surface area (TPSA) is 82.9 Å². The second-order valence-electron chi connectivity index (χ2n) is 8.80. The smallest absolute Gasteiger partial charge is 0.266 e. The van der Waals surface area contributed by atoms with E-state index in [1.54, 1.807) is 33.7 Å². The van der Waals surface area contributed by atoms with E-state index in [0.717, 1.165) is 6.42 Å². The molecule has 1 aliphatic rings. The zero-order chi connectivity index (χ0) is 25.9. The van der Waals surface area contributed by atoms with Gasteiger partial charge in [-0.25, -0.2) is 4.98 Å². The third-order valence-electron chi connectivity index (χ3n) is 6.39. The minimum Gasteiger partial charge on any atom is -0.494 e. The Bertz CT molecular complexity index is 1500. The van der Waals surface area contributed by atoms with Crippen LogP contribution in [0.1, 0.15) is 49.4 Å². The summed E-state index contributed by atoms with van der Waals surface area (Å²) >= 11 is 0. The second-order valence-corrected chi connectivity index (χ2v) is 8.80. The number of hydrogen-bond acceptors (Lipinski definition) is 6. The van der Waals surface area contributed by atoms with E-state index in [-0.39, 0.29) is 18.3 Å². The van der Waals surface area contributed by atoms with Crippen molar-refractivity contribution in [2.75, 3.05) is 19.9 Å². The predicted molar refractivity (Wildman–Crippen MR) is 141 cm³/mol. The highest BCUT2D eigenvalue weighted by Gasteiger charge is 2.28. The van der Waals surface area contributed by atoms with Gasteiger partial charge in [0, 0.05) is 12.1 Å². The predicted octanol–water partition coefficient (Wildman–Crippen LogP) is 5.13. The summed E-state index contributed by atoms with van der Waals surface area (Å²) in [5, 5.41) is 0.511. The molecule has 0 bridgehead atoms. The lowest BCUT2D eigenvalue weighted by atomic mass is 10.1. The number of hydrogen-bond donors (Lipinski definition) is 0. The lowest BCUT2D eigenvalue weighted by Crippen LogP contribution is -2.38. The molecule has 1 amide bonds. The van der Waals surface area contributed by atoms with Crippen molar-refractivity contribution in [1.82, 2.24) is 14.5 Å². The van der Waals surface area contributed by atoms with E-state index in [0.29, 0.717) is 58.4 Å². The van der Waals surface area contributed by atoms with Crippen LogP contribution in [0.25, 0.3) is 16.6 Å². The van der Waals surface area contributed by atoms with Crippen LogP contribution in [0.4, 0.5) is 0 Å². The van der Waals surface area contributed by atoms with Crippen molar-refractivity contribution in [1.29, 1.82) is 0 Å². The molecule has 1 aromatic heterocycles. The highest BCUT2D eigenvalue weighted by molar-refractivity contribution is 5.95. The van der Waals surface area contributed by atoms with Gasteiger partial charge in [-0.05, 0) is 74.9 Å². The van der Waals surface area contributed by atoms with Crippen LogP contribution < -0.4 is 19.8 Å². The quantitative estimate of drug-likeness (QED) is 0.334. The van der Waals surface area contributed by atoms with Crippen LogP contribution in [0.2, 0.25) is 0 Å². The van der Waals surface area contributed by atoms with E-state index < -0.39 is 6.04 Å². The van der Waals surface area contributed by atoms with Crippen molar-refractivity contribution in [3.8, 4) is 22.9 Å². The molecule has 0 saturated heterocycles. The maximum atomic E-state index is 13.8. The van der Waals surface area contributed by atoms with Crippen molar-refractivity contribution in [2.45, 2.75) is 33.2 Å². The molecule has 1 unspecified atom stereocenters. The molecule has 2 heterocycles. The molecule has 37 heavy (non-hydrogen) atoms. The number of benzene rings is 3. The second kappa shape index (κ2) is 10.3. The fourth-order valence-electron chi connectivity index (χ4n) is 4.58. The van der Waals surface area contributed by atoms with Crippen molar-refractivity contribution in [3.63, 3.8) is 0 Å². The molecule has 5 rings (SSSR count). The van der Waals surface area contributed by atoms with Gasteiger partial charge in [0.05, 0.1) is 29.2 Å². The Labute approximate surface area is 215 Å². The summed E-state index contributed by atoms with van der Waals surface area (Å²) in [6.07, 6.45) is 0.738. The van der Waals surface area contributed by atoms with E-state index in [2.05, 4.69) is 0 Å². The summed E-state index contributed by atoms with van der Waals surface area (Å²) < 4.78 is 18.1. The normalized spacial score (nSPS) is 12.9. The van der Waals surface area contributed by atoms with Crippen LogP contribution >= 0.6 is 0 Å². The Hall–Kier alpha value is -4.33. The van der Waals surface area contributed by atoms with E-state index in [9.17, 15) is 9.59 Å². The number of aromatic nitrogens is 2. The Kier molecular flexibility index (Phi) is 6.81. The summed E-state index contributed by atoms with van der Waals surface area (Å²) in [6, 6.07) is 19.3. The number of nitrogens with zero attached hydrogens (tertiary/aromatic N) is 3. The maximum absolute atomic E-state index is 13.8. The number of amides is 1. The summed E-state index contributed by atoms with van der Waals surface area (Å²) in [7, 11) is 0. The lowest BCUT2D eigenvalue weighted by molar-refractivity contribution is 0.0681. The summed E-state index contributed by atoms with van der Waals surface area (Å²) in [5.74, 6) is 2.19. The van der Waals surface area contributed by atoms with E-state index >= 15 is 0 Å². The van der Waals surface area contributed by atoms with Gasteiger partial charge in [0.2, 0.25) is 6.79 Å². The molecule has 0 spiro atoms. The van der Waals surface area contributed by atoms with Gasteiger partial charge in [0.1, 0.15) is 11.6 Å². The molecular formula is C29H29N3O5. The van der Waals surface area contributed by atoms with Crippen molar-refractivity contribution < 1.29 is 19.0 Å². The molecule has 1 aliphatic heterocycles. The molecule has 8 nitrogen and oxygen atoms in total. The van der Waals surface area contributed by atoms with Crippen LogP contribution in [0, 0.1) is 0 Å². The lowest BCUT2D eigenvalue weighted by Gasteiger charge is -2.30. The van der Waals surface area contributed by atoms with Crippen LogP contribution in [0.15, 0.2) is 71.5 Å². The highest BCUT2D eigenvalue weighted by Crippen LogP contribution is 2.34. The van der Waals surface area contributed by atoms with Crippen LogP contribution in [0.5, 0.6) is 17.2 Å². The standard InChI is InChI=1S/C29H29N3O5/c1-4-16-31(28(33)20-10-15-25-26(17-20)37-18-36-25)19(3)27-30-24-9-7-6-8-23(24)29(34)32(27)21-11-13-22(14-12-21)35-5-2/h6-15,17,19H,4-5,16,18H2,1-3H3. The highest BCUT2D eigenvalue weighted by atomic mass is 16.7. The molecular weight excluding hydrogens is 470 g/mol. The fraction of sp³-hybridized carbons (Fsp3) is 0.276. The van der Waals surface area contributed by atoms with Crippen molar-refractivity contribution in [2.24, 2.45) is 0 Å². The van der Waals surface area contributed by atoms with E-state index in [1.807, 2.05) is 63.2 Å². The molecule has 0 radical (unpaired) electrons. The van der Waals surface area contributed by atoms with Gasteiger partial charge in [-0.1, -0.05) is 19.1 Å². The minimum atomic E-state index is -0.498. The summed E-state index contributed by atoms with van der Waals surface area (Å²) in [4.78, 5) is 34.2. The Balaban J connectivity index is 1.62. The van der Waals surface area contributed by atoms with Gasteiger partial charge in [-0.2, -0.15) is 0 Å². The van der Waals surface area contributed by atoms with E-state index in [1.165, 1.54) is 0 Å². The van der Waals surface area contributed by atoms with Crippen LogP contribution in [0.3, 0.4) is 0 Å². The van der Waals surface area contributed by atoms with E-state index in [4.69, 9.17) is 19.2 Å². The molecule has 190 valence electrons. The van der Waals surface area contributed by atoms with Crippen LogP contribution in [-0.4, -0.2) is 40.3 Å². The Morgan fingerprint density at radius 3 is 2.57 bits per heavy atom. The Morgan fingerprint density at radius 2 is 1.81 bits per heavy atom. The van der Waals surface area contributed by atoms with Gasteiger partial charge in [0.25, 0.3) is 11.5 Å². The van der Waals surface area contributed by atoms with Crippen LogP contribution in [-0.2, 0) is 0 Å². The maximum Gasteiger partial charge on any atom is 0.266 e. The first kappa shape index (κ1) is 24.4. The van der Waals surface area contributed by atoms with Crippen molar-refractivity contribution in [3.05, 3.63) is 88.5 Å². The minimum absolute atomic E-state index is 0.136. The molecule has 1 atom stereocenters. The molecule has 3 aromatic carbocycles. The fourth-order valence-corrected chi connectivity index (χ4v) is 4.58. The summed E-state index contributed by atoms with van der Waals surface area (Å²) in [6.45, 7) is 7.01. The largest absolute Gasteiger partial charge is 0.494 e. The first-order valence-corrected chi connectivity index (χ1v) is 12.5. The number of fused-ring (bicyclic) bond motifs is 2. The monoisotopic (exact) mass is 499 g/mol. The number of para-hydroxylation sites is 1. The SMILES string of the molecule is CCCN(C(=O)c1ccc2c(c1)OCO2)C(C)c1nc2ccccc2c(=O)n1-c1ccc(OCC)cc1. The third-order valence-corrected chi connectivity index (χ3v) is 6.39. The number of carbonyl (C=O) groups excluding carboxylic acids is 1. The van der Waals surface area contributed by atoms with Crippen molar-refractivity contribution >= 4 is 16.8 Å². The average Bonchev–Trinajstić information content (AvgIpc) is 3.40.